The van der Waals surface area contributed by atoms with Gasteiger partial charge in [0.1, 0.15) is 0 Å². The van der Waals surface area contributed by atoms with Gasteiger partial charge in [0, 0.05) is 18.1 Å². The molecule has 1 aliphatic rings. The molecule has 0 aromatic carbocycles. The molecule has 1 heterocycles. The van der Waals surface area contributed by atoms with E-state index < -0.39 is 0 Å². The first-order valence-corrected chi connectivity index (χ1v) is 8.42. The monoisotopic (exact) mass is 268 g/mol. The van der Waals surface area contributed by atoms with Gasteiger partial charge in [0.15, 0.2) is 0 Å². The van der Waals surface area contributed by atoms with Gasteiger partial charge < -0.3 is 5.73 Å². The standard InChI is InChI=1S/C17H36N2/c1-6-16-9-7-8-10-19(16)17(13-18,11-14(2)3)12-15(4)5/h14-16H,6-13,18H2,1-5H3. The van der Waals surface area contributed by atoms with E-state index in [0.717, 1.165) is 24.4 Å². The molecule has 114 valence electrons. The van der Waals surface area contributed by atoms with E-state index in [4.69, 9.17) is 5.73 Å². The maximum absolute atomic E-state index is 6.31. The zero-order valence-electron chi connectivity index (χ0n) is 13.9. The number of nitrogens with zero attached hydrogens (tertiary/aromatic N) is 1. The van der Waals surface area contributed by atoms with Gasteiger partial charge in [-0.05, 0) is 50.5 Å². The molecule has 1 atom stereocenters. The molecule has 0 aromatic heterocycles. The molecular formula is C17H36N2. The highest BCUT2D eigenvalue weighted by molar-refractivity contribution is 4.97. The number of hydrogen-bond acceptors (Lipinski definition) is 2. The van der Waals surface area contributed by atoms with Crippen molar-refractivity contribution < 1.29 is 0 Å². The molecule has 0 saturated carbocycles. The van der Waals surface area contributed by atoms with Gasteiger partial charge in [0.2, 0.25) is 0 Å². The normalized spacial score (nSPS) is 22.4. The Labute approximate surface area is 121 Å². The molecule has 2 heteroatoms. The van der Waals surface area contributed by atoms with E-state index in [0.29, 0.717) is 0 Å². The van der Waals surface area contributed by atoms with E-state index >= 15 is 0 Å². The molecule has 0 aliphatic carbocycles. The summed E-state index contributed by atoms with van der Waals surface area (Å²) >= 11 is 0. The summed E-state index contributed by atoms with van der Waals surface area (Å²) in [7, 11) is 0. The molecule has 1 saturated heterocycles. The van der Waals surface area contributed by atoms with Crippen LogP contribution in [0.15, 0.2) is 0 Å². The van der Waals surface area contributed by atoms with Crippen molar-refractivity contribution in [1.82, 2.24) is 4.90 Å². The van der Waals surface area contributed by atoms with Crippen LogP contribution in [0.3, 0.4) is 0 Å². The van der Waals surface area contributed by atoms with E-state index in [1.54, 1.807) is 0 Å². The Kier molecular flexibility index (Phi) is 6.82. The summed E-state index contributed by atoms with van der Waals surface area (Å²) in [6, 6.07) is 0.759. The second-order valence-corrected chi connectivity index (χ2v) is 7.38. The van der Waals surface area contributed by atoms with Crippen LogP contribution in [0.5, 0.6) is 0 Å². The van der Waals surface area contributed by atoms with Crippen LogP contribution in [-0.4, -0.2) is 29.6 Å². The Morgan fingerprint density at radius 3 is 2.11 bits per heavy atom. The topological polar surface area (TPSA) is 29.3 Å². The Bertz CT molecular complexity index is 238. The van der Waals surface area contributed by atoms with Gasteiger partial charge >= 0.3 is 0 Å². The Balaban J connectivity index is 2.96. The average Bonchev–Trinajstić information content (AvgIpc) is 2.36. The molecule has 1 aliphatic heterocycles. The van der Waals surface area contributed by atoms with Crippen molar-refractivity contribution in [2.45, 2.75) is 84.7 Å². The first-order chi connectivity index (χ1) is 8.95. The minimum absolute atomic E-state index is 0.240. The van der Waals surface area contributed by atoms with Crippen molar-refractivity contribution >= 4 is 0 Å². The third-order valence-electron chi connectivity index (χ3n) is 4.66. The maximum atomic E-state index is 6.31. The first kappa shape index (κ1) is 17.0. The lowest BCUT2D eigenvalue weighted by atomic mass is 9.78. The van der Waals surface area contributed by atoms with Crippen molar-refractivity contribution in [3.05, 3.63) is 0 Å². The molecule has 19 heavy (non-hydrogen) atoms. The fourth-order valence-electron chi connectivity index (χ4n) is 4.17. The van der Waals surface area contributed by atoms with Gasteiger partial charge in [-0.25, -0.2) is 0 Å². The number of likely N-dealkylation sites (tertiary alicyclic amines) is 1. The molecule has 0 spiro atoms. The summed E-state index contributed by atoms with van der Waals surface area (Å²) in [5, 5.41) is 0. The second-order valence-electron chi connectivity index (χ2n) is 7.38. The molecule has 0 bridgehead atoms. The van der Waals surface area contributed by atoms with Gasteiger partial charge in [-0.2, -0.15) is 0 Å². The average molecular weight is 268 g/mol. The minimum Gasteiger partial charge on any atom is -0.329 e. The molecule has 1 rings (SSSR count). The van der Waals surface area contributed by atoms with Gasteiger partial charge in [-0.15, -0.1) is 0 Å². The molecular weight excluding hydrogens is 232 g/mol. The van der Waals surface area contributed by atoms with Crippen LogP contribution in [0.25, 0.3) is 0 Å². The van der Waals surface area contributed by atoms with Crippen LogP contribution >= 0.6 is 0 Å². The smallest absolute Gasteiger partial charge is 0.0339 e. The molecule has 2 N–H and O–H groups in total. The molecule has 0 amide bonds. The van der Waals surface area contributed by atoms with Crippen molar-refractivity contribution in [3.63, 3.8) is 0 Å². The first-order valence-electron chi connectivity index (χ1n) is 8.42. The fraction of sp³-hybridized carbons (Fsp3) is 1.00. The van der Waals surface area contributed by atoms with Crippen LogP contribution in [0.2, 0.25) is 0 Å². The number of rotatable bonds is 7. The lowest BCUT2D eigenvalue weighted by Crippen LogP contribution is -2.60. The highest BCUT2D eigenvalue weighted by Crippen LogP contribution is 2.36. The maximum Gasteiger partial charge on any atom is 0.0339 e. The van der Waals surface area contributed by atoms with Crippen LogP contribution in [0, 0.1) is 11.8 Å². The van der Waals surface area contributed by atoms with Crippen LogP contribution in [-0.2, 0) is 0 Å². The van der Waals surface area contributed by atoms with Gasteiger partial charge in [0.05, 0.1) is 0 Å². The summed E-state index contributed by atoms with van der Waals surface area (Å²) in [6.07, 6.45) is 7.90. The van der Waals surface area contributed by atoms with Crippen molar-refractivity contribution in [2.24, 2.45) is 17.6 Å². The molecule has 1 unspecified atom stereocenters. The van der Waals surface area contributed by atoms with Crippen LogP contribution < -0.4 is 5.73 Å². The molecule has 1 fully saturated rings. The van der Waals surface area contributed by atoms with E-state index in [9.17, 15) is 0 Å². The van der Waals surface area contributed by atoms with Gasteiger partial charge in [-0.3, -0.25) is 4.90 Å². The fourth-order valence-corrected chi connectivity index (χ4v) is 4.17. The minimum atomic E-state index is 0.240. The van der Waals surface area contributed by atoms with E-state index in [1.165, 1.54) is 45.1 Å². The summed E-state index contributed by atoms with van der Waals surface area (Å²) in [5.41, 5.74) is 6.55. The molecule has 2 nitrogen and oxygen atoms in total. The highest BCUT2D eigenvalue weighted by Gasteiger charge is 2.40. The van der Waals surface area contributed by atoms with Crippen LogP contribution in [0.4, 0.5) is 0 Å². The van der Waals surface area contributed by atoms with Crippen LogP contribution in [0.1, 0.15) is 73.1 Å². The lowest BCUT2D eigenvalue weighted by Gasteiger charge is -2.51. The number of nitrogens with two attached hydrogens (primary N) is 1. The zero-order valence-corrected chi connectivity index (χ0v) is 13.9. The quantitative estimate of drug-likeness (QED) is 0.755. The third-order valence-corrected chi connectivity index (χ3v) is 4.66. The van der Waals surface area contributed by atoms with Crippen molar-refractivity contribution in [1.29, 1.82) is 0 Å². The Hall–Kier alpha value is -0.0800. The highest BCUT2D eigenvalue weighted by atomic mass is 15.2. The molecule has 0 aromatic rings. The third kappa shape index (κ3) is 4.46. The summed E-state index contributed by atoms with van der Waals surface area (Å²) in [4.78, 5) is 2.80. The van der Waals surface area contributed by atoms with Crippen molar-refractivity contribution in [2.75, 3.05) is 13.1 Å². The van der Waals surface area contributed by atoms with Gasteiger partial charge in [-0.1, -0.05) is 41.0 Å². The largest absolute Gasteiger partial charge is 0.329 e. The second kappa shape index (κ2) is 7.64. The number of hydrogen-bond donors (Lipinski definition) is 1. The van der Waals surface area contributed by atoms with Crippen molar-refractivity contribution in [3.8, 4) is 0 Å². The Morgan fingerprint density at radius 1 is 1.11 bits per heavy atom. The van der Waals surface area contributed by atoms with E-state index in [-0.39, 0.29) is 5.54 Å². The summed E-state index contributed by atoms with van der Waals surface area (Å²) in [5.74, 6) is 1.45. The number of piperidine rings is 1. The predicted molar refractivity (Wildman–Crippen MR) is 85.3 cm³/mol. The predicted octanol–water partition coefficient (Wildman–Crippen LogP) is 4.04. The zero-order chi connectivity index (χ0) is 14.5. The van der Waals surface area contributed by atoms with Gasteiger partial charge in [0.25, 0.3) is 0 Å². The van der Waals surface area contributed by atoms with E-state index in [1.807, 2.05) is 0 Å². The van der Waals surface area contributed by atoms with E-state index in [2.05, 4.69) is 39.5 Å². The lowest BCUT2D eigenvalue weighted by molar-refractivity contribution is -0.00666. The summed E-state index contributed by atoms with van der Waals surface area (Å²) < 4.78 is 0. The Morgan fingerprint density at radius 2 is 1.68 bits per heavy atom. The summed E-state index contributed by atoms with van der Waals surface area (Å²) in [6.45, 7) is 13.8. The molecule has 0 radical (unpaired) electrons. The SMILES string of the molecule is CCC1CCCCN1C(CN)(CC(C)C)CC(C)C.